The summed E-state index contributed by atoms with van der Waals surface area (Å²) in [5, 5.41) is 0. The van der Waals surface area contributed by atoms with E-state index in [9.17, 15) is 4.79 Å². The standard InChI is InChI=1S/C23H24N4O3S/c1-15-24-12-16(13-25-15)22(28)27-8-6-23(7-9-27)18-11-21(31-20(18)5-10-30-23)19-4-3-17(29-2)14-26-19/h3-4,11-14H,5-10H2,1-2H3. The van der Waals surface area contributed by atoms with E-state index in [0.29, 0.717) is 31.1 Å². The highest BCUT2D eigenvalue weighted by Gasteiger charge is 2.43. The Morgan fingerprint density at radius 3 is 2.61 bits per heavy atom. The summed E-state index contributed by atoms with van der Waals surface area (Å²) in [5.74, 6) is 1.40. The first-order valence-electron chi connectivity index (χ1n) is 10.4. The average Bonchev–Trinajstić information content (AvgIpc) is 3.26. The molecule has 1 spiro atoms. The molecular weight excluding hydrogens is 412 g/mol. The Hall–Kier alpha value is -2.84. The molecular formula is C23H24N4O3S. The van der Waals surface area contributed by atoms with Crippen molar-refractivity contribution in [1.29, 1.82) is 0 Å². The summed E-state index contributed by atoms with van der Waals surface area (Å²) in [7, 11) is 1.64. The molecule has 8 heteroatoms. The van der Waals surface area contributed by atoms with Gasteiger partial charge >= 0.3 is 0 Å². The van der Waals surface area contributed by atoms with Crippen LogP contribution in [0.4, 0.5) is 0 Å². The molecule has 0 N–H and O–H groups in total. The topological polar surface area (TPSA) is 77.4 Å². The van der Waals surface area contributed by atoms with E-state index in [-0.39, 0.29) is 11.5 Å². The average molecular weight is 437 g/mol. The molecule has 0 unspecified atom stereocenters. The minimum atomic E-state index is -0.324. The number of likely N-dealkylation sites (tertiary alicyclic amines) is 1. The van der Waals surface area contributed by atoms with Crippen molar-refractivity contribution in [2.24, 2.45) is 0 Å². The molecule has 3 aromatic rings. The van der Waals surface area contributed by atoms with Crippen molar-refractivity contribution in [3.8, 4) is 16.3 Å². The predicted molar refractivity (Wildman–Crippen MR) is 117 cm³/mol. The van der Waals surface area contributed by atoms with Gasteiger partial charge in [0.25, 0.3) is 5.91 Å². The van der Waals surface area contributed by atoms with E-state index < -0.39 is 0 Å². The van der Waals surface area contributed by atoms with Crippen LogP contribution in [-0.2, 0) is 16.8 Å². The van der Waals surface area contributed by atoms with Crippen LogP contribution in [0.5, 0.6) is 5.75 Å². The van der Waals surface area contributed by atoms with Crippen LogP contribution >= 0.6 is 11.3 Å². The molecule has 0 saturated carbocycles. The molecule has 1 amide bonds. The van der Waals surface area contributed by atoms with E-state index in [4.69, 9.17) is 9.47 Å². The second-order valence-corrected chi connectivity index (χ2v) is 9.07. The summed E-state index contributed by atoms with van der Waals surface area (Å²) < 4.78 is 11.6. The molecule has 1 saturated heterocycles. The molecule has 2 aliphatic rings. The fourth-order valence-electron chi connectivity index (χ4n) is 4.36. The zero-order valence-corrected chi connectivity index (χ0v) is 18.4. The van der Waals surface area contributed by atoms with Crippen LogP contribution in [0.25, 0.3) is 10.6 Å². The van der Waals surface area contributed by atoms with Gasteiger partial charge < -0.3 is 14.4 Å². The van der Waals surface area contributed by atoms with Crippen molar-refractivity contribution in [3.63, 3.8) is 0 Å². The van der Waals surface area contributed by atoms with Gasteiger partial charge in [-0.3, -0.25) is 9.78 Å². The van der Waals surface area contributed by atoms with Crippen LogP contribution in [0.3, 0.4) is 0 Å². The lowest BCUT2D eigenvalue weighted by molar-refractivity contribution is -0.0926. The van der Waals surface area contributed by atoms with Crippen LogP contribution in [0.1, 0.15) is 39.5 Å². The highest BCUT2D eigenvalue weighted by molar-refractivity contribution is 7.15. The third kappa shape index (κ3) is 3.70. The maximum absolute atomic E-state index is 12.9. The molecule has 31 heavy (non-hydrogen) atoms. The first-order chi connectivity index (χ1) is 15.1. The Balaban J connectivity index is 1.36. The van der Waals surface area contributed by atoms with E-state index in [1.807, 2.05) is 24.0 Å². The van der Waals surface area contributed by atoms with Gasteiger partial charge in [-0.2, -0.15) is 0 Å². The molecule has 160 valence electrons. The molecule has 3 aromatic heterocycles. The number of fused-ring (bicyclic) bond motifs is 2. The summed E-state index contributed by atoms with van der Waals surface area (Å²) >= 11 is 1.79. The SMILES string of the molecule is COc1ccc(-c2cc3c(s2)CCOC32CCN(C(=O)c3cnc(C)nc3)CC2)nc1. The van der Waals surface area contributed by atoms with Gasteiger partial charge in [-0.15, -0.1) is 11.3 Å². The van der Waals surface area contributed by atoms with Crippen molar-refractivity contribution >= 4 is 17.2 Å². The van der Waals surface area contributed by atoms with Gasteiger partial charge in [0.1, 0.15) is 11.6 Å². The number of aromatic nitrogens is 3. The maximum Gasteiger partial charge on any atom is 0.256 e. The van der Waals surface area contributed by atoms with E-state index in [0.717, 1.165) is 35.6 Å². The molecule has 7 nitrogen and oxygen atoms in total. The molecule has 2 aliphatic heterocycles. The molecule has 0 aromatic carbocycles. The number of nitrogens with zero attached hydrogens (tertiary/aromatic N) is 4. The van der Waals surface area contributed by atoms with Crippen LogP contribution in [0.2, 0.25) is 0 Å². The van der Waals surface area contributed by atoms with Crippen LogP contribution < -0.4 is 4.74 Å². The third-order valence-corrected chi connectivity index (χ3v) is 7.34. The minimum absolute atomic E-state index is 0.0145. The van der Waals surface area contributed by atoms with Crippen molar-refractivity contribution in [1.82, 2.24) is 19.9 Å². The van der Waals surface area contributed by atoms with Gasteiger partial charge in [-0.05, 0) is 43.5 Å². The normalized spacial score (nSPS) is 17.4. The number of pyridine rings is 1. The molecule has 0 radical (unpaired) electrons. The van der Waals surface area contributed by atoms with Gasteiger partial charge in [-0.25, -0.2) is 9.97 Å². The summed E-state index contributed by atoms with van der Waals surface area (Å²) in [5.41, 5.74) is 2.43. The molecule has 5 heterocycles. The number of thiophene rings is 1. The van der Waals surface area contributed by atoms with Crippen LogP contribution in [0.15, 0.2) is 36.8 Å². The summed E-state index contributed by atoms with van der Waals surface area (Å²) in [4.78, 5) is 30.1. The Morgan fingerprint density at radius 2 is 1.94 bits per heavy atom. The second-order valence-electron chi connectivity index (χ2n) is 7.93. The Labute approximate surface area is 185 Å². The summed E-state index contributed by atoms with van der Waals surface area (Å²) in [6.45, 7) is 3.83. The van der Waals surface area contributed by atoms with Crippen molar-refractivity contribution < 1.29 is 14.3 Å². The van der Waals surface area contributed by atoms with E-state index in [1.54, 1.807) is 37.0 Å². The van der Waals surface area contributed by atoms with Gasteiger partial charge in [0, 0.05) is 36.8 Å². The van der Waals surface area contributed by atoms with E-state index in [2.05, 4.69) is 21.0 Å². The monoisotopic (exact) mass is 436 g/mol. The zero-order chi connectivity index (χ0) is 21.4. The minimum Gasteiger partial charge on any atom is -0.495 e. The number of rotatable bonds is 3. The smallest absolute Gasteiger partial charge is 0.256 e. The zero-order valence-electron chi connectivity index (χ0n) is 17.6. The number of piperidine rings is 1. The largest absolute Gasteiger partial charge is 0.495 e. The lowest BCUT2D eigenvalue weighted by Gasteiger charge is -2.44. The third-order valence-electron chi connectivity index (χ3n) is 6.12. The predicted octanol–water partition coefficient (Wildman–Crippen LogP) is 3.62. The number of amides is 1. The number of hydrogen-bond acceptors (Lipinski definition) is 7. The van der Waals surface area contributed by atoms with Gasteiger partial charge in [-0.1, -0.05) is 0 Å². The number of methoxy groups -OCH3 is 1. The van der Waals surface area contributed by atoms with E-state index >= 15 is 0 Å². The molecule has 0 bridgehead atoms. The van der Waals surface area contributed by atoms with Crippen molar-refractivity contribution in [2.75, 3.05) is 26.8 Å². The number of hydrogen-bond donors (Lipinski definition) is 0. The molecule has 0 atom stereocenters. The van der Waals surface area contributed by atoms with Crippen LogP contribution in [0, 0.1) is 6.92 Å². The fourth-order valence-corrected chi connectivity index (χ4v) is 5.57. The van der Waals surface area contributed by atoms with Gasteiger partial charge in [0.05, 0.1) is 41.6 Å². The highest BCUT2D eigenvalue weighted by Crippen LogP contribution is 2.46. The van der Waals surface area contributed by atoms with E-state index in [1.165, 1.54) is 10.4 Å². The summed E-state index contributed by atoms with van der Waals surface area (Å²) in [6, 6.07) is 6.17. The molecule has 0 aliphatic carbocycles. The lowest BCUT2D eigenvalue weighted by atomic mass is 9.82. The summed E-state index contributed by atoms with van der Waals surface area (Å²) in [6.07, 6.45) is 7.45. The first-order valence-corrected chi connectivity index (χ1v) is 11.3. The Kier molecular flexibility index (Phi) is 5.19. The van der Waals surface area contributed by atoms with Gasteiger partial charge in [0.15, 0.2) is 0 Å². The molecule has 5 rings (SSSR count). The maximum atomic E-state index is 12.9. The second kappa shape index (κ2) is 8.01. The first kappa shape index (κ1) is 20.1. The number of aryl methyl sites for hydroxylation is 1. The number of carbonyl (C=O) groups is 1. The van der Waals surface area contributed by atoms with Crippen molar-refractivity contribution in [2.45, 2.75) is 31.8 Å². The van der Waals surface area contributed by atoms with Crippen LogP contribution in [-0.4, -0.2) is 52.6 Å². The lowest BCUT2D eigenvalue weighted by Crippen LogP contribution is -2.48. The van der Waals surface area contributed by atoms with Crippen molar-refractivity contribution in [3.05, 3.63) is 58.6 Å². The Morgan fingerprint density at radius 1 is 1.16 bits per heavy atom. The quantitative estimate of drug-likeness (QED) is 0.624. The highest BCUT2D eigenvalue weighted by atomic mass is 32.1. The fraction of sp³-hybridized carbons (Fsp3) is 0.391. The number of carbonyl (C=O) groups excluding carboxylic acids is 1. The Bertz CT molecular complexity index is 1090. The molecule has 1 fully saturated rings. The number of ether oxygens (including phenoxy) is 2. The van der Waals surface area contributed by atoms with Gasteiger partial charge in [0.2, 0.25) is 0 Å².